The van der Waals surface area contributed by atoms with Gasteiger partial charge in [0.2, 0.25) is 5.90 Å². The van der Waals surface area contributed by atoms with Crippen molar-refractivity contribution in [1.29, 1.82) is 0 Å². The van der Waals surface area contributed by atoms with Gasteiger partial charge in [-0.1, -0.05) is 82.3 Å². The van der Waals surface area contributed by atoms with Crippen LogP contribution in [-0.4, -0.2) is 44.2 Å². The normalized spacial score (nSPS) is 12.7. The fraction of sp³-hybridized carbons (Fsp3) is 0.273. The maximum absolute atomic E-state index is 11.2. The second-order valence-corrected chi connectivity index (χ2v) is 10.6. The number of nitrogens with zero attached hydrogens (tertiary/aromatic N) is 2. The van der Waals surface area contributed by atoms with E-state index in [1.165, 1.54) is 30.7 Å². The largest absolute Gasteiger partial charge is 0.470 e. The summed E-state index contributed by atoms with van der Waals surface area (Å²) in [5.41, 5.74) is 4.58. The molecule has 0 amide bonds. The van der Waals surface area contributed by atoms with Gasteiger partial charge in [-0.05, 0) is 61.2 Å². The van der Waals surface area contributed by atoms with Gasteiger partial charge in [-0.2, -0.15) is 21.9 Å². The molecule has 1 aliphatic heterocycles. The third-order valence-electron chi connectivity index (χ3n) is 5.02. The Balaban J connectivity index is 0. The summed E-state index contributed by atoms with van der Waals surface area (Å²) in [5.74, 6) is 0.460. The summed E-state index contributed by atoms with van der Waals surface area (Å²) in [6.45, 7) is 15.6. The molecule has 11 heteroatoms. The predicted octanol–water partition coefficient (Wildman–Crippen LogP) is 7.91. The number of hydrogen-bond donors (Lipinski definition) is 2. The van der Waals surface area contributed by atoms with Gasteiger partial charge in [-0.3, -0.25) is 9.11 Å². The van der Waals surface area contributed by atoms with Crippen LogP contribution in [-0.2, 0) is 25.0 Å². The minimum atomic E-state index is -4.20. The molecule has 0 atom stereocenters. The Bertz CT molecular complexity index is 1510. The molecular formula is C33H44N2O7S2. The molecule has 0 aliphatic carbocycles. The highest BCUT2D eigenvalue weighted by atomic mass is 32.2. The van der Waals surface area contributed by atoms with E-state index in [0.717, 1.165) is 28.8 Å². The molecular weight excluding hydrogens is 601 g/mol. The maximum Gasteiger partial charge on any atom is 0.294 e. The van der Waals surface area contributed by atoms with E-state index < -0.39 is 20.2 Å². The van der Waals surface area contributed by atoms with Crippen LogP contribution in [0.2, 0.25) is 0 Å². The van der Waals surface area contributed by atoms with Gasteiger partial charge in [-0.25, -0.2) is 0 Å². The van der Waals surface area contributed by atoms with Crippen molar-refractivity contribution in [3.63, 3.8) is 0 Å². The zero-order valence-electron chi connectivity index (χ0n) is 26.2. The Labute approximate surface area is 264 Å². The van der Waals surface area contributed by atoms with Crippen molar-refractivity contribution >= 4 is 31.8 Å². The van der Waals surface area contributed by atoms with E-state index in [-0.39, 0.29) is 4.90 Å². The van der Waals surface area contributed by atoms with Crippen LogP contribution in [0.5, 0.6) is 0 Å². The fourth-order valence-electron chi connectivity index (χ4n) is 3.16. The summed E-state index contributed by atoms with van der Waals surface area (Å²) in [7, 11) is -8.05. The number of terminal acetylenes is 1. The van der Waals surface area contributed by atoms with Crippen LogP contribution in [0.25, 0.3) is 11.1 Å². The van der Waals surface area contributed by atoms with Gasteiger partial charge in [-0.15, -0.1) is 24.5 Å². The van der Waals surface area contributed by atoms with Crippen molar-refractivity contribution in [2.24, 2.45) is 10.2 Å². The Kier molecular flexibility index (Phi) is 22.4. The number of benzene rings is 2. The first-order valence-electron chi connectivity index (χ1n) is 13.8. The Morgan fingerprint density at radius 1 is 0.886 bits per heavy atom. The molecule has 2 aromatic carbocycles. The van der Waals surface area contributed by atoms with E-state index in [1.54, 1.807) is 12.1 Å². The average molecular weight is 645 g/mol. The van der Waals surface area contributed by atoms with Crippen LogP contribution in [0, 0.1) is 12.8 Å². The van der Waals surface area contributed by atoms with Gasteiger partial charge in [0.25, 0.3) is 20.2 Å². The van der Waals surface area contributed by atoms with Crippen molar-refractivity contribution in [1.82, 2.24) is 0 Å². The molecule has 0 spiro atoms. The van der Waals surface area contributed by atoms with E-state index in [1.807, 2.05) is 71.0 Å². The van der Waals surface area contributed by atoms with E-state index in [4.69, 9.17) is 13.8 Å². The average Bonchev–Trinajstić information content (AvgIpc) is 3.03. The minimum Gasteiger partial charge on any atom is -0.470 e. The van der Waals surface area contributed by atoms with E-state index in [0.29, 0.717) is 24.3 Å². The number of rotatable bonds is 9. The highest BCUT2D eigenvalue weighted by molar-refractivity contribution is 7.88. The zero-order chi connectivity index (χ0) is 34.2. The number of allylic oxidation sites excluding steroid dienone is 6. The quantitative estimate of drug-likeness (QED) is 0.122. The molecule has 2 N–H and O–H groups in total. The Morgan fingerprint density at radius 2 is 1.39 bits per heavy atom. The molecule has 0 bridgehead atoms. The second kappa shape index (κ2) is 23.4. The molecule has 1 heterocycles. The first kappa shape index (κ1) is 42.1. The molecule has 0 aromatic heterocycles. The third kappa shape index (κ3) is 17.1. The smallest absolute Gasteiger partial charge is 0.294 e. The van der Waals surface area contributed by atoms with E-state index in [2.05, 4.69) is 41.8 Å². The van der Waals surface area contributed by atoms with Crippen LogP contribution in [0.3, 0.4) is 0 Å². The molecule has 1 aliphatic rings. The SMILES string of the molecule is C#C.C/C=C/S(=O)(=O)O.C=CCC(/C=C\CC1=NN=C(c2ccc(-c3ccc(S(=O)(=O)O)cc3)cc2)OC1)=C/C.CC.CC. The van der Waals surface area contributed by atoms with Gasteiger partial charge in [0.05, 0.1) is 16.0 Å². The monoisotopic (exact) mass is 644 g/mol. The van der Waals surface area contributed by atoms with Gasteiger partial charge in [0.1, 0.15) is 6.61 Å². The van der Waals surface area contributed by atoms with Crippen molar-refractivity contribution in [3.05, 3.63) is 102 Å². The summed E-state index contributed by atoms with van der Waals surface area (Å²) in [6.07, 6.45) is 18.8. The molecule has 3 rings (SSSR count). The van der Waals surface area contributed by atoms with Gasteiger partial charge in [0.15, 0.2) is 0 Å². The first-order chi connectivity index (χ1) is 21.0. The van der Waals surface area contributed by atoms with Crippen molar-refractivity contribution in [2.45, 2.75) is 59.3 Å². The van der Waals surface area contributed by atoms with Crippen LogP contribution in [0.1, 0.15) is 59.9 Å². The molecule has 0 radical (unpaired) electrons. The lowest BCUT2D eigenvalue weighted by Crippen LogP contribution is -2.18. The topological polar surface area (TPSA) is 143 Å². The Morgan fingerprint density at radius 3 is 1.75 bits per heavy atom. The highest BCUT2D eigenvalue weighted by Gasteiger charge is 2.13. The third-order valence-corrected chi connectivity index (χ3v) is 6.50. The fourth-order valence-corrected chi connectivity index (χ4v) is 3.98. The van der Waals surface area contributed by atoms with Crippen LogP contribution < -0.4 is 0 Å². The number of ether oxygens (including phenoxy) is 1. The van der Waals surface area contributed by atoms with Crippen LogP contribution >= 0.6 is 0 Å². The summed E-state index contributed by atoms with van der Waals surface area (Å²) >= 11 is 0. The molecule has 2 aromatic rings. The van der Waals surface area contributed by atoms with Crippen LogP contribution in [0.4, 0.5) is 0 Å². The van der Waals surface area contributed by atoms with E-state index in [9.17, 15) is 16.8 Å². The summed E-state index contributed by atoms with van der Waals surface area (Å²) < 4.78 is 64.5. The summed E-state index contributed by atoms with van der Waals surface area (Å²) in [6, 6.07) is 13.6. The summed E-state index contributed by atoms with van der Waals surface area (Å²) in [4.78, 5) is -0.135. The van der Waals surface area contributed by atoms with Gasteiger partial charge < -0.3 is 4.74 Å². The molecule has 0 saturated heterocycles. The lowest BCUT2D eigenvalue weighted by atomic mass is 10.0. The molecule has 0 fully saturated rings. The number of hydrogen-bond acceptors (Lipinski definition) is 7. The molecule has 0 saturated carbocycles. The molecule has 240 valence electrons. The molecule has 0 unspecified atom stereocenters. The lowest BCUT2D eigenvalue weighted by Gasteiger charge is -2.13. The zero-order valence-corrected chi connectivity index (χ0v) is 27.8. The second-order valence-electron chi connectivity index (χ2n) is 7.88. The van der Waals surface area contributed by atoms with Crippen molar-refractivity contribution < 1.29 is 30.7 Å². The first-order valence-corrected chi connectivity index (χ1v) is 16.7. The lowest BCUT2D eigenvalue weighted by molar-refractivity contribution is 0.355. The summed E-state index contributed by atoms with van der Waals surface area (Å²) in [5, 5.41) is 9.19. The minimum absolute atomic E-state index is 0.135. The predicted molar refractivity (Wildman–Crippen MR) is 183 cm³/mol. The standard InChI is InChI=1S/C24H24N2O4S.C3H6O3S.2C2H6.C2H2/c1-3-6-18(4-2)7-5-8-22-17-30-24(26-25-22)21-11-9-19(10-12-21)20-13-15-23(16-14-20)31(27,28)29;1-2-3-7(4,5)6;3*1-2/h3-5,7,9-16H,1,6,8,17H2,2H3,(H,27,28,29);2-3H,1H3,(H,4,5,6);2*1-2H3;1-2H/b7-5-,18-4-;3-2+;;;. The van der Waals surface area contributed by atoms with E-state index >= 15 is 0 Å². The Hall–Kier alpha value is -4.08. The molecule has 44 heavy (non-hydrogen) atoms. The van der Waals surface area contributed by atoms with Gasteiger partial charge >= 0.3 is 0 Å². The maximum atomic E-state index is 11.2. The van der Waals surface area contributed by atoms with Crippen LogP contribution in [0.15, 0.2) is 112 Å². The molecule has 9 nitrogen and oxygen atoms in total. The highest BCUT2D eigenvalue weighted by Crippen LogP contribution is 2.22. The van der Waals surface area contributed by atoms with Gasteiger partial charge in [0, 0.05) is 12.0 Å². The van der Waals surface area contributed by atoms with Crippen molar-refractivity contribution in [3.8, 4) is 24.0 Å². The van der Waals surface area contributed by atoms with Crippen molar-refractivity contribution in [2.75, 3.05) is 6.61 Å².